The predicted molar refractivity (Wildman–Crippen MR) is 90.6 cm³/mol. The summed E-state index contributed by atoms with van der Waals surface area (Å²) in [6.07, 6.45) is 1.88. The average molecular weight is 292 g/mol. The number of nitrogens with zero attached hydrogens (tertiary/aromatic N) is 2. The van der Waals surface area contributed by atoms with Crippen molar-refractivity contribution in [3.05, 3.63) is 66.7 Å². The first-order valence-corrected chi connectivity index (χ1v) is 7.84. The van der Waals surface area contributed by atoms with Crippen molar-refractivity contribution in [2.24, 2.45) is 0 Å². The van der Waals surface area contributed by atoms with Crippen LogP contribution in [0.2, 0.25) is 0 Å². The minimum atomic E-state index is 0.836. The second-order valence-electron chi connectivity index (χ2n) is 4.87. The Morgan fingerprint density at radius 2 is 1.71 bits per heavy atom. The smallest absolute Gasteiger partial charge is 0.127 e. The van der Waals surface area contributed by atoms with Crippen molar-refractivity contribution in [2.75, 3.05) is 5.75 Å². The molecule has 0 unspecified atom stereocenters. The van der Waals surface area contributed by atoms with E-state index in [1.54, 1.807) is 11.8 Å². The van der Waals surface area contributed by atoms with Crippen LogP contribution in [0, 0.1) is 6.92 Å². The Hall–Kier alpha value is -2.13. The predicted octanol–water partition coefficient (Wildman–Crippen LogP) is 4.88. The number of aryl methyl sites for hydroxylation is 1. The summed E-state index contributed by atoms with van der Waals surface area (Å²) in [6.45, 7) is 5.85. The van der Waals surface area contributed by atoms with Crippen LogP contribution >= 0.6 is 11.8 Å². The third kappa shape index (κ3) is 2.83. The molecule has 0 spiro atoms. The molecule has 0 radical (unpaired) electrons. The van der Waals surface area contributed by atoms with Gasteiger partial charge in [-0.1, -0.05) is 71.9 Å². The van der Waals surface area contributed by atoms with Crippen LogP contribution in [-0.2, 0) is 0 Å². The van der Waals surface area contributed by atoms with Gasteiger partial charge in [-0.05, 0) is 6.92 Å². The lowest BCUT2D eigenvalue weighted by Crippen LogP contribution is -1.94. The third-order valence-electron chi connectivity index (χ3n) is 3.32. The summed E-state index contributed by atoms with van der Waals surface area (Å²) in [4.78, 5) is 0. The summed E-state index contributed by atoms with van der Waals surface area (Å²) < 4.78 is 0. The Balaban J connectivity index is 2.16. The fourth-order valence-electron chi connectivity index (χ4n) is 2.25. The van der Waals surface area contributed by atoms with Crippen LogP contribution in [0.3, 0.4) is 0 Å². The van der Waals surface area contributed by atoms with Crippen molar-refractivity contribution in [3.8, 4) is 11.3 Å². The highest BCUT2D eigenvalue weighted by atomic mass is 32.2. The Kier molecular flexibility index (Phi) is 4.02. The first-order valence-electron chi connectivity index (χ1n) is 6.86. The Morgan fingerprint density at radius 3 is 2.43 bits per heavy atom. The SMILES string of the molecule is C=CCSc1nnc(-c2ccc(C)cc2)c2ccccc12. The van der Waals surface area contributed by atoms with Crippen molar-refractivity contribution < 1.29 is 0 Å². The van der Waals surface area contributed by atoms with Crippen molar-refractivity contribution in [3.63, 3.8) is 0 Å². The standard InChI is InChI=1S/C18H16N2S/c1-3-12-21-18-16-7-5-4-6-15(16)17(19-20-18)14-10-8-13(2)9-11-14/h3-11H,1,12H2,2H3. The summed E-state index contributed by atoms with van der Waals surface area (Å²) >= 11 is 1.66. The van der Waals surface area contributed by atoms with Gasteiger partial charge >= 0.3 is 0 Å². The lowest BCUT2D eigenvalue weighted by atomic mass is 10.0. The molecule has 0 saturated heterocycles. The lowest BCUT2D eigenvalue weighted by Gasteiger charge is -2.08. The molecule has 0 bridgehead atoms. The highest BCUT2D eigenvalue weighted by Gasteiger charge is 2.10. The maximum atomic E-state index is 4.45. The fourth-order valence-corrected chi connectivity index (χ4v) is 2.96. The average Bonchev–Trinajstić information content (AvgIpc) is 2.53. The van der Waals surface area contributed by atoms with Crippen LogP contribution in [0.1, 0.15) is 5.56 Å². The van der Waals surface area contributed by atoms with E-state index in [2.05, 4.69) is 60.1 Å². The summed E-state index contributed by atoms with van der Waals surface area (Å²) in [7, 11) is 0. The van der Waals surface area contributed by atoms with Gasteiger partial charge in [0.25, 0.3) is 0 Å². The van der Waals surface area contributed by atoms with Crippen LogP contribution < -0.4 is 0 Å². The molecule has 2 nitrogen and oxygen atoms in total. The van der Waals surface area contributed by atoms with Gasteiger partial charge in [-0.15, -0.1) is 16.8 Å². The molecule has 0 amide bonds. The monoisotopic (exact) mass is 292 g/mol. The molecule has 1 heterocycles. The number of thioether (sulfide) groups is 1. The minimum absolute atomic E-state index is 0.836. The number of aromatic nitrogens is 2. The molecule has 0 aliphatic heterocycles. The third-order valence-corrected chi connectivity index (χ3v) is 4.29. The molecule has 3 heteroatoms. The van der Waals surface area contributed by atoms with Crippen molar-refractivity contribution in [2.45, 2.75) is 11.9 Å². The van der Waals surface area contributed by atoms with E-state index in [4.69, 9.17) is 0 Å². The van der Waals surface area contributed by atoms with Gasteiger partial charge in [0, 0.05) is 22.1 Å². The molecular weight excluding hydrogens is 276 g/mol. The zero-order chi connectivity index (χ0) is 14.7. The Labute approximate surface area is 128 Å². The zero-order valence-corrected chi connectivity index (χ0v) is 12.7. The molecular formula is C18H16N2S. The maximum Gasteiger partial charge on any atom is 0.127 e. The zero-order valence-electron chi connectivity index (χ0n) is 11.9. The fraction of sp³-hybridized carbons (Fsp3) is 0.111. The van der Waals surface area contributed by atoms with Gasteiger partial charge in [0.05, 0.1) is 0 Å². The molecule has 0 fully saturated rings. The van der Waals surface area contributed by atoms with Crippen LogP contribution in [-0.4, -0.2) is 16.0 Å². The van der Waals surface area contributed by atoms with Gasteiger partial charge in [0.1, 0.15) is 10.7 Å². The molecule has 21 heavy (non-hydrogen) atoms. The van der Waals surface area contributed by atoms with Gasteiger partial charge < -0.3 is 0 Å². The van der Waals surface area contributed by atoms with E-state index in [1.165, 1.54) is 5.56 Å². The van der Waals surface area contributed by atoms with Crippen LogP contribution in [0.15, 0.2) is 66.2 Å². The minimum Gasteiger partial charge on any atom is -0.149 e. The molecule has 3 rings (SSSR count). The van der Waals surface area contributed by atoms with E-state index in [1.807, 2.05) is 18.2 Å². The quantitative estimate of drug-likeness (QED) is 0.506. The van der Waals surface area contributed by atoms with Gasteiger partial charge in [-0.25, -0.2) is 0 Å². The van der Waals surface area contributed by atoms with Gasteiger partial charge in [-0.3, -0.25) is 0 Å². The van der Waals surface area contributed by atoms with Crippen LogP contribution in [0.25, 0.3) is 22.0 Å². The second kappa shape index (κ2) is 6.10. The molecule has 2 aromatic carbocycles. The summed E-state index contributed by atoms with van der Waals surface area (Å²) in [5.41, 5.74) is 3.28. The van der Waals surface area contributed by atoms with Crippen LogP contribution in [0.4, 0.5) is 0 Å². The molecule has 0 saturated carbocycles. The number of hydrogen-bond acceptors (Lipinski definition) is 3. The van der Waals surface area contributed by atoms with Crippen molar-refractivity contribution in [1.29, 1.82) is 0 Å². The number of benzene rings is 2. The van der Waals surface area contributed by atoms with E-state index < -0.39 is 0 Å². The molecule has 0 aliphatic carbocycles. The van der Waals surface area contributed by atoms with Crippen molar-refractivity contribution >= 4 is 22.5 Å². The van der Waals surface area contributed by atoms with Gasteiger partial charge in [0.15, 0.2) is 0 Å². The molecule has 0 aliphatic rings. The summed E-state index contributed by atoms with van der Waals surface area (Å²) in [6, 6.07) is 16.7. The molecule has 1 aromatic heterocycles. The lowest BCUT2D eigenvalue weighted by molar-refractivity contribution is 0.962. The molecule has 104 valence electrons. The van der Waals surface area contributed by atoms with E-state index >= 15 is 0 Å². The first kappa shape index (κ1) is 13.8. The summed E-state index contributed by atoms with van der Waals surface area (Å²) in [5.74, 6) is 0.836. The largest absolute Gasteiger partial charge is 0.149 e. The number of rotatable bonds is 4. The Morgan fingerprint density at radius 1 is 1.00 bits per heavy atom. The summed E-state index contributed by atoms with van der Waals surface area (Å²) in [5, 5.41) is 12.1. The molecule has 0 N–H and O–H groups in total. The Bertz CT molecular complexity index is 779. The van der Waals surface area contributed by atoms with E-state index in [0.717, 1.165) is 32.8 Å². The highest BCUT2D eigenvalue weighted by Crippen LogP contribution is 2.31. The second-order valence-corrected chi connectivity index (χ2v) is 5.87. The van der Waals surface area contributed by atoms with E-state index in [0.29, 0.717) is 0 Å². The highest BCUT2D eigenvalue weighted by molar-refractivity contribution is 7.99. The van der Waals surface area contributed by atoms with Crippen molar-refractivity contribution in [1.82, 2.24) is 10.2 Å². The normalized spacial score (nSPS) is 10.7. The first-order chi connectivity index (χ1) is 10.3. The molecule has 3 aromatic rings. The van der Waals surface area contributed by atoms with Gasteiger partial charge in [-0.2, -0.15) is 0 Å². The number of fused-ring (bicyclic) bond motifs is 1. The number of hydrogen-bond donors (Lipinski definition) is 0. The van der Waals surface area contributed by atoms with Gasteiger partial charge in [0.2, 0.25) is 0 Å². The van der Waals surface area contributed by atoms with Crippen LogP contribution in [0.5, 0.6) is 0 Å². The van der Waals surface area contributed by atoms with E-state index in [-0.39, 0.29) is 0 Å². The topological polar surface area (TPSA) is 25.8 Å². The van der Waals surface area contributed by atoms with E-state index in [9.17, 15) is 0 Å². The molecule has 0 atom stereocenters. The maximum absolute atomic E-state index is 4.45.